The van der Waals surface area contributed by atoms with Gasteiger partial charge in [-0.2, -0.15) is 0 Å². The van der Waals surface area contributed by atoms with E-state index in [0.717, 1.165) is 0 Å². The quantitative estimate of drug-likeness (QED) is 0.610. The lowest BCUT2D eigenvalue weighted by atomic mass is 10.3. The summed E-state index contributed by atoms with van der Waals surface area (Å²) >= 11 is 0. The van der Waals surface area contributed by atoms with Gasteiger partial charge < -0.3 is 9.47 Å². The Bertz CT molecular complexity index is 494. The summed E-state index contributed by atoms with van der Waals surface area (Å²) in [4.78, 5) is 11.8. The van der Waals surface area contributed by atoms with E-state index in [1.54, 1.807) is 31.2 Å². The molecule has 2 aromatic carbocycles. The van der Waals surface area contributed by atoms with Crippen molar-refractivity contribution in [2.75, 3.05) is 0 Å². The van der Waals surface area contributed by atoms with Crippen LogP contribution >= 0.6 is 0 Å². The van der Waals surface area contributed by atoms with Gasteiger partial charge in [0, 0.05) is 0 Å². The van der Waals surface area contributed by atoms with E-state index in [4.69, 9.17) is 9.47 Å². The van der Waals surface area contributed by atoms with Crippen LogP contribution in [-0.4, -0.2) is 12.1 Å². The Labute approximate surface area is 106 Å². The summed E-state index contributed by atoms with van der Waals surface area (Å²) in [6.07, 6.45) is -0.646. The first kappa shape index (κ1) is 12.2. The molecule has 0 aliphatic rings. The van der Waals surface area contributed by atoms with Gasteiger partial charge in [0.25, 0.3) is 0 Å². The summed E-state index contributed by atoms with van der Waals surface area (Å²) in [5.41, 5.74) is 0. The van der Waals surface area contributed by atoms with Crippen LogP contribution in [0.25, 0.3) is 0 Å². The minimum Gasteiger partial charge on any atom is -0.479 e. The predicted molar refractivity (Wildman–Crippen MR) is 68.6 cm³/mol. The van der Waals surface area contributed by atoms with Crippen LogP contribution in [0.5, 0.6) is 11.5 Å². The van der Waals surface area contributed by atoms with Gasteiger partial charge in [-0.15, -0.1) is 0 Å². The molecule has 0 aliphatic carbocycles. The van der Waals surface area contributed by atoms with Gasteiger partial charge in [0.2, 0.25) is 0 Å². The Morgan fingerprint density at radius 3 is 1.94 bits per heavy atom. The molecule has 0 spiro atoms. The summed E-state index contributed by atoms with van der Waals surface area (Å²) in [7, 11) is 0. The van der Waals surface area contributed by atoms with Crippen LogP contribution in [0.1, 0.15) is 6.92 Å². The first-order valence-corrected chi connectivity index (χ1v) is 5.74. The SMILES string of the molecule is CC(Oc1ccccc1)C(=O)Oc1ccccc1. The van der Waals surface area contributed by atoms with Gasteiger partial charge in [0.05, 0.1) is 0 Å². The number of esters is 1. The molecule has 0 radical (unpaired) electrons. The Balaban J connectivity index is 1.93. The Morgan fingerprint density at radius 2 is 1.39 bits per heavy atom. The van der Waals surface area contributed by atoms with Gasteiger partial charge in [-0.25, -0.2) is 4.79 Å². The van der Waals surface area contributed by atoms with Gasteiger partial charge in [-0.1, -0.05) is 36.4 Å². The highest BCUT2D eigenvalue weighted by Gasteiger charge is 2.16. The van der Waals surface area contributed by atoms with Crippen LogP contribution in [-0.2, 0) is 4.79 Å². The number of carbonyl (C=O) groups is 1. The first-order valence-electron chi connectivity index (χ1n) is 5.74. The lowest BCUT2D eigenvalue weighted by molar-refractivity contribution is -0.141. The van der Waals surface area contributed by atoms with E-state index >= 15 is 0 Å². The number of ether oxygens (including phenoxy) is 2. The number of benzene rings is 2. The van der Waals surface area contributed by atoms with Gasteiger partial charge in [0.1, 0.15) is 11.5 Å². The van der Waals surface area contributed by atoms with Crippen LogP contribution in [0, 0.1) is 0 Å². The van der Waals surface area contributed by atoms with Crippen molar-refractivity contribution in [1.82, 2.24) is 0 Å². The van der Waals surface area contributed by atoms with E-state index in [0.29, 0.717) is 11.5 Å². The molecule has 0 saturated heterocycles. The van der Waals surface area contributed by atoms with E-state index in [1.807, 2.05) is 36.4 Å². The zero-order valence-corrected chi connectivity index (χ0v) is 10.1. The van der Waals surface area contributed by atoms with Crippen molar-refractivity contribution in [1.29, 1.82) is 0 Å². The molecule has 0 bridgehead atoms. The van der Waals surface area contributed by atoms with Gasteiger partial charge >= 0.3 is 5.97 Å². The lowest BCUT2D eigenvalue weighted by Crippen LogP contribution is -2.28. The fourth-order valence-corrected chi connectivity index (χ4v) is 1.44. The van der Waals surface area contributed by atoms with Crippen LogP contribution in [0.15, 0.2) is 60.7 Å². The van der Waals surface area contributed by atoms with Crippen molar-refractivity contribution >= 4 is 5.97 Å². The second-order valence-corrected chi connectivity index (χ2v) is 3.81. The highest BCUT2D eigenvalue weighted by atomic mass is 16.6. The first-order chi connectivity index (χ1) is 8.75. The highest BCUT2D eigenvalue weighted by Crippen LogP contribution is 2.13. The van der Waals surface area contributed by atoms with E-state index in [9.17, 15) is 4.79 Å². The van der Waals surface area contributed by atoms with Crippen LogP contribution < -0.4 is 9.47 Å². The number of carbonyl (C=O) groups excluding carboxylic acids is 1. The summed E-state index contributed by atoms with van der Waals surface area (Å²) in [6, 6.07) is 18.1. The maximum absolute atomic E-state index is 11.8. The third-order valence-electron chi connectivity index (χ3n) is 2.35. The number of rotatable bonds is 4. The Hall–Kier alpha value is -2.29. The predicted octanol–water partition coefficient (Wildman–Crippen LogP) is 3.06. The molecule has 1 unspecified atom stereocenters. The molecule has 0 fully saturated rings. The number of hydrogen-bond donors (Lipinski definition) is 0. The summed E-state index contributed by atoms with van der Waals surface area (Å²) < 4.78 is 10.7. The van der Waals surface area contributed by atoms with Crippen molar-refractivity contribution in [3.8, 4) is 11.5 Å². The minimum atomic E-state index is -0.646. The molecule has 92 valence electrons. The van der Waals surface area contributed by atoms with E-state index in [-0.39, 0.29) is 0 Å². The van der Waals surface area contributed by atoms with Crippen LogP contribution in [0.4, 0.5) is 0 Å². The molecule has 18 heavy (non-hydrogen) atoms. The van der Waals surface area contributed by atoms with Crippen molar-refractivity contribution in [3.05, 3.63) is 60.7 Å². The number of para-hydroxylation sites is 2. The molecule has 0 N–H and O–H groups in total. The van der Waals surface area contributed by atoms with E-state index in [1.165, 1.54) is 0 Å². The Kier molecular flexibility index (Phi) is 3.97. The molecule has 1 atom stereocenters. The standard InChI is InChI=1S/C15H14O3/c1-12(17-13-8-4-2-5-9-13)15(16)18-14-10-6-3-7-11-14/h2-12H,1H3. The summed E-state index contributed by atoms with van der Waals surface area (Å²) in [5, 5.41) is 0. The van der Waals surface area contributed by atoms with E-state index in [2.05, 4.69) is 0 Å². The Morgan fingerprint density at radius 1 is 0.889 bits per heavy atom. The normalized spacial score (nSPS) is 11.6. The van der Waals surface area contributed by atoms with Gasteiger partial charge in [0.15, 0.2) is 6.10 Å². The minimum absolute atomic E-state index is 0.412. The molecule has 3 heteroatoms. The zero-order valence-electron chi connectivity index (χ0n) is 10.1. The topological polar surface area (TPSA) is 35.5 Å². The highest BCUT2D eigenvalue weighted by molar-refractivity contribution is 5.77. The van der Waals surface area contributed by atoms with Crippen LogP contribution in [0.3, 0.4) is 0 Å². The average molecular weight is 242 g/mol. The third-order valence-corrected chi connectivity index (χ3v) is 2.35. The van der Waals surface area contributed by atoms with Gasteiger partial charge in [-0.05, 0) is 31.2 Å². The van der Waals surface area contributed by atoms with E-state index < -0.39 is 12.1 Å². The molecular formula is C15H14O3. The fourth-order valence-electron chi connectivity index (χ4n) is 1.44. The third kappa shape index (κ3) is 3.35. The maximum atomic E-state index is 11.8. The van der Waals surface area contributed by atoms with Crippen molar-refractivity contribution in [3.63, 3.8) is 0 Å². The number of hydrogen-bond acceptors (Lipinski definition) is 3. The second-order valence-electron chi connectivity index (χ2n) is 3.81. The molecule has 0 aliphatic heterocycles. The second kappa shape index (κ2) is 5.87. The molecule has 0 aromatic heterocycles. The largest absolute Gasteiger partial charge is 0.479 e. The van der Waals surface area contributed by atoms with Crippen molar-refractivity contribution in [2.24, 2.45) is 0 Å². The van der Waals surface area contributed by atoms with Crippen LogP contribution in [0.2, 0.25) is 0 Å². The maximum Gasteiger partial charge on any atom is 0.352 e. The molecule has 0 saturated carbocycles. The smallest absolute Gasteiger partial charge is 0.352 e. The summed E-state index contributed by atoms with van der Waals surface area (Å²) in [6.45, 7) is 1.66. The fraction of sp³-hybridized carbons (Fsp3) is 0.133. The molecule has 0 amide bonds. The molecule has 2 rings (SSSR count). The molecule has 2 aromatic rings. The molecule has 0 heterocycles. The van der Waals surface area contributed by atoms with Gasteiger partial charge in [-0.3, -0.25) is 0 Å². The lowest BCUT2D eigenvalue weighted by Gasteiger charge is -2.13. The summed E-state index contributed by atoms with van der Waals surface area (Å²) in [5.74, 6) is 0.756. The molecule has 3 nitrogen and oxygen atoms in total. The van der Waals surface area contributed by atoms with Crippen molar-refractivity contribution < 1.29 is 14.3 Å². The average Bonchev–Trinajstić information content (AvgIpc) is 2.41. The zero-order chi connectivity index (χ0) is 12.8. The van der Waals surface area contributed by atoms with Crippen molar-refractivity contribution in [2.45, 2.75) is 13.0 Å². The molecular weight excluding hydrogens is 228 g/mol. The monoisotopic (exact) mass is 242 g/mol.